The fourth-order valence-corrected chi connectivity index (χ4v) is 3.78. The number of hydrogen-bond acceptors (Lipinski definition) is 3. The largest absolute Gasteiger partial charge is 0.342 e. The summed E-state index contributed by atoms with van der Waals surface area (Å²) in [6, 6.07) is 18.6. The highest BCUT2D eigenvalue weighted by atomic mass is 16.2. The van der Waals surface area contributed by atoms with Gasteiger partial charge in [0.2, 0.25) is 5.91 Å². The van der Waals surface area contributed by atoms with Crippen LogP contribution in [-0.2, 0) is 18.3 Å². The molecule has 4 rings (SSSR count). The maximum Gasteiger partial charge on any atom is 0.226 e. The van der Waals surface area contributed by atoms with Crippen LogP contribution in [0.3, 0.4) is 0 Å². The minimum atomic E-state index is 0.207. The SMILES string of the molecule is Cn1cnnc1C1CCN(C(=O)Cc2ccc(-c3ccccc3)cc2)CC1. The van der Waals surface area contributed by atoms with Gasteiger partial charge in [0, 0.05) is 26.1 Å². The number of nitrogens with zero attached hydrogens (tertiary/aromatic N) is 4. The summed E-state index contributed by atoms with van der Waals surface area (Å²) in [5.41, 5.74) is 3.44. The summed E-state index contributed by atoms with van der Waals surface area (Å²) in [6.45, 7) is 1.58. The molecule has 1 aliphatic rings. The van der Waals surface area contributed by atoms with Gasteiger partial charge in [-0.25, -0.2) is 0 Å². The van der Waals surface area contributed by atoms with E-state index in [1.807, 2.05) is 34.7 Å². The zero-order valence-electron chi connectivity index (χ0n) is 15.6. The van der Waals surface area contributed by atoms with Gasteiger partial charge in [0.05, 0.1) is 6.42 Å². The molecule has 0 N–H and O–H groups in total. The molecule has 0 spiro atoms. The number of amides is 1. The van der Waals surface area contributed by atoms with Gasteiger partial charge in [0.1, 0.15) is 12.2 Å². The van der Waals surface area contributed by atoms with Gasteiger partial charge in [0.15, 0.2) is 0 Å². The molecule has 0 aliphatic carbocycles. The Balaban J connectivity index is 1.34. The smallest absolute Gasteiger partial charge is 0.226 e. The lowest BCUT2D eigenvalue weighted by Gasteiger charge is -2.31. The highest BCUT2D eigenvalue weighted by Crippen LogP contribution is 2.26. The van der Waals surface area contributed by atoms with Crippen molar-refractivity contribution in [1.29, 1.82) is 0 Å². The van der Waals surface area contributed by atoms with Crippen LogP contribution in [0.5, 0.6) is 0 Å². The van der Waals surface area contributed by atoms with Gasteiger partial charge >= 0.3 is 0 Å². The molecule has 5 nitrogen and oxygen atoms in total. The molecule has 1 aromatic heterocycles. The Morgan fingerprint density at radius 3 is 2.30 bits per heavy atom. The van der Waals surface area contributed by atoms with Gasteiger partial charge in [-0.3, -0.25) is 4.79 Å². The van der Waals surface area contributed by atoms with E-state index in [1.54, 1.807) is 6.33 Å². The Morgan fingerprint density at radius 1 is 1.00 bits per heavy atom. The van der Waals surface area contributed by atoms with E-state index in [9.17, 15) is 4.79 Å². The molecule has 138 valence electrons. The molecule has 0 radical (unpaired) electrons. The Bertz CT molecular complexity index is 894. The third-order valence-electron chi connectivity index (χ3n) is 5.38. The summed E-state index contributed by atoms with van der Waals surface area (Å²) in [4.78, 5) is 14.7. The second-order valence-electron chi connectivity index (χ2n) is 7.19. The molecular formula is C22H24N4O. The van der Waals surface area contributed by atoms with E-state index in [0.717, 1.165) is 37.3 Å². The van der Waals surface area contributed by atoms with Crippen molar-refractivity contribution >= 4 is 5.91 Å². The molecule has 3 aromatic rings. The molecule has 0 unspecified atom stereocenters. The minimum absolute atomic E-state index is 0.207. The fourth-order valence-electron chi connectivity index (χ4n) is 3.78. The molecule has 0 bridgehead atoms. The monoisotopic (exact) mass is 360 g/mol. The highest BCUT2D eigenvalue weighted by Gasteiger charge is 2.26. The van der Waals surface area contributed by atoms with E-state index in [0.29, 0.717) is 12.3 Å². The maximum atomic E-state index is 12.7. The van der Waals surface area contributed by atoms with Crippen LogP contribution in [0.1, 0.15) is 30.1 Å². The standard InChI is InChI=1S/C22H24N4O/c1-25-16-23-24-22(25)20-11-13-26(14-12-20)21(27)15-17-7-9-19(10-8-17)18-5-3-2-4-6-18/h2-10,16,20H,11-15H2,1H3. The van der Waals surface area contributed by atoms with E-state index in [1.165, 1.54) is 11.1 Å². The van der Waals surface area contributed by atoms with Crippen molar-refractivity contribution in [1.82, 2.24) is 19.7 Å². The number of likely N-dealkylation sites (tertiary alicyclic amines) is 1. The molecule has 1 aliphatic heterocycles. The summed E-state index contributed by atoms with van der Waals surface area (Å²) in [7, 11) is 1.98. The fraction of sp³-hybridized carbons (Fsp3) is 0.318. The lowest BCUT2D eigenvalue weighted by Crippen LogP contribution is -2.39. The van der Waals surface area contributed by atoms with Gasteiger partial charge < -0.3 is 9.47 Å². The topological polar surface area (TPSA) is 51.0 Å². The second kappa shape index (κ2) is 7.74. The Kier molecular flexibility index (Phi) is 5.01. The van der Waals surface area contributed by atoms with E-state index in [2.05, 4.69) is 46.6 Å². The van der Waals surface area contributed by atoms with Gasteiger partial charge in [-0.1, -0.05) is 54.6 Å². The number of hydrogen-bond donors (Lipinski definition) is 0. The summed E-state index contributed by atoms with van der Waals surface area (Å²) < 4.78 is 1.98. The first kappa shape index (κ1) is 17.5. The average molecular weight is 360 g/mol. The summed E-state index contributed by atoms with van der Waals surface area (Å²) >= 11 is 0. The molecule has 1 saturated heterocycles. The maximum absolute atomic E-state index is 12.7. The molecule has 1 amide bonds. The normalized spacial score (nSPS) is 15.1. The zero-order valence-corrected chi connectivity index (χ0v) is 15.6. The number of piperidine rings is 1. The van der Waals surface area contributed by atoms with E-state index >= 15 is 0 Å². The average Bonchev–Trinajstić information content (AvgIpc) is 3.15. The zero-order chi connectivity index (χ0) is 18.6. The van der Waals surface area contributed by atoms with E-state index < -0.39 is 0 Å². The first-order valence-corrected chi connectivity index (χ1v) is 9.47. The van der Waals surface area contributed by atoms with Crippen molar-refractivity contribution in [3.05, 3.63) is 72.3 Å². The van der Waals surface area contributed by atoms with Gasteiger partial charge in [-0.05, 0) is 29.5 Å². The van der Waals surface area contributed by atoms with Crippen LogP contribution in [0.4, 0.5) is 0 Å². The van der Waals surface area contributed by atoms with Crippen molar-refractivity contribution in [2.24, 2.45) is 7.05 Å². The van der Waals surface area contributed by atoms with Crippen LogP contribution >= 0.6 is 0 Å². The summed E-state index contributed by atoms with van der Waals surface area (Å²) in [6.07, 6.45) is 4.10. The van der Waals surface area contributed by atoms with E-state index in [-0.39, 0.29) is 5.91 Å². The van der Waals surface area contributed by atoms with Crippen molar-refractivity contribution in [2.75, 3.05) is 13.1 Å². The predicted octanol–water partition coefficient (Wildman–Crippen LogP) is 3.43. The highest BCUT2D eigenvalue weighted by molar-refractivity contribution is 5.79. The lowest BCUT2D eigenvalue weighted by molar-refractivity contribution is -0.131. The quantitative estimate of drug-likeness (QED) is 0.716. The van der Waals surface area contributed by atoms with Crippen LogP contribution in [0.15, 0.2) is 60.9 Å². The van der Waals surface area contributed by atoms with Gasteiger partial charge in [-0.15, -0.1) is 10.2 Å². The van der Waals surface area contributed by atoms with Gasteiger partial charge in [-0.2, -0.15) is 0 Å². The number of aromatic nitrogens is 3. The van der Waals surface area contributed by atoms with E-state index in [4.69, 9.17) is 0 Å². The van der Waals surface area contributed by atoms with Crippen LogP contribution in [-0.4, -0.2) is 38.7 Å². The number of benzene rings is 2. The van der Waals surface area contributed by atoms with Crippen molar-refractivity contribution in [3.8, 4) is 11.1 Å². The van der Waals surface area contributed by atoms with Crippen LogP contribution < -0.4 is 0 Å². The molecule has 5 heteroatoms. The first-order chi connectivity index (χ1) is 13.2. The third-order valence-corrected chi connectivity index (χ3v) is 5.38. The predicted molar refractivity (Wildman–Crippen MR) is 105 cm³/mol. The number of rotatable bonds is 4. The minimum Gasteiger partial charge on any atom is -0.342 e. The second-order valence-corrected chi connectivity index (χ2v) is 7.19. The number of carbonyl (C=O) groups excluding carboxylic acids is 1. The van der Waals surface area contributed by atoms with Crippen LogP contribution in [0.2, 0.25) is 0 Å². The van der Waals surface area contributed by atoms with Crippen LogP contribution in [0, 0.1) is 0 Å². The number of aryl methyl sites for hydroxylation is 1. The van der Waals surface area contributed by atoms with Crippen LogP contribution in [0.25, 0.3) is 11.1 Å². The Hall–Kier alpha value is -2.95. The first-order valence-electron chi connectivity index (χ1n) is 9.47. The van der Waals surface area contributed by atoms with Crippen molar-refractivity contribution < 1.29 is 4.79 Å². The van der Waals surface area contributed by atoms with Crippen molar-refractivity contribution in [3.63, 3.8) is 0 Å². The van der Waals surface area contributed by atoms with Gasteiger partial charge in [0.25, 0.3) is 0 Å². The molecule has 27 heavy (non-hydrogen) atoms. The third kappa shape index (κ3) is 3.92. The summed E-state index contributed by atoms with van der Waals surface area (Å²) in [5.74, 6) is 1.63. The lowest BCUT2D eigenvalue weighted by atomic mass is 9.95. The molecule has 0 saturated carbocycles. The summed E-state index contributed by atoms with van der Waals surface area (Å²) in [5, 5.41) is 8.19. The van der Waals surface area contributed by atoms with Crippen molar-refractivity contribution in [2.45, 2.75) is 25.2 Å². The molecule has 2 aromatic carbocycles. The molecule has 1 fully saturated rings. The Morgan fingerprint density at radius 2 is 1.67 bits per heavy atom. The molecule has 0 atom stereocenters. The molecule has 2 heterocycles. The number of carbonyl (C=O) groups is 1. The Labute approximate surface area is 159 Å². The molecular weight excluding hydrogens is 336 g/mol.